The number of ether oxygens (including phenoxy) is 1. The summed E-state index contributed by atoms with van der Waals surface area (Å²) in [4.78, 5) is 0.409. The maximum absolute atomic E-state index is 11.6. The van der Waals surface area contributed by atoms with Gasteiger partial charge in [0.05, 0.1) is 17.1 Å². The van der Waals surface area contributed by atoms with Crippen LogP contribution in [0.5, 0.6) is 0 Å². The highest BCUT2D eigenvalue weighted by atomic mass is 32.2. The average molecular weight is 282 g/mol. The molecule has 0 spiro atoms. The van der Waals surface area contributed by atoms with Crippen molar-refractivity contribution in [2.75, 3.05) is 6.26 Å². The third-order valence-corrected chi connectivity index (χ3v) is 4.97. The third-order valence-electron chi connectivity index (χ3n) is 3.86. The van der Waals surface area contributed by atoms with Crippen molar-refractivity contribution in [2.45, 2.75) is 56.1 Å². The van der Waals surface area contributed by atoms with Gasteiger partial charge in [-0.1, -0.05) is 26.0 Å². The summed E-state index contributed by atoms with van der Waals surface area (Å²) in [5.41, 5.74) is 1.11. The molecule has 3 nitrogen and oxygen atoms in total. The van der Waals surface area contributed by atoms with Gasteiger partial charge in [0.25, 0.3) is 0 Å². The molecule has 0 radical (unpaired) electrons. The van der Waals surface area contributed by atoms with Crippen molar-refractivity contribution < 1.29 is 13.2 Å². The van der Waals surface area contributed by atoms with E-state index in [1.165, 1.54) is 6.26 Å². The largest absolute Gasteiger partial charge is 0.370 e. The minimum Gasteiger partial charge on any atom is -0.370 e. The zero-order valence-electron chi connectivity index (χ0n) is 11.8. The molecule has 1 aromatic rings. The van der Waals surface area contributed by atoms with Crippen LogP contribution in [0.3, 0.4) is 0 Å². The van der Waals surface area contributed by atoms with E-state index in [-0.39, 0.29) is 0 Å². The van der Waals surface area contributed by atoms with Gasteiger partial charge in [-0.2, -0.15) is 0 Å². The molecule has 1 aliphatic rings. The lowest BCUT2D eigenvalue weighted by atomic mass is 9.91. The van der Waals surface area contributed by atoms with E-state index in [1.807, 2.05) is 18.2 Å². The van der Waals surface area contributed by atoms with Gasteiger partial charge in [0.1, 0.15) is 0 Å². The van der Waals surface area contributed by atoms with Crippen LogP contribution in [0.1, 0.15) is 44.6 Å². The molecule has 3 atom stereocenters. The number of hydrogen-bond donors (Lipinski definition) is 0. The molecule has 1 aromatic carbocycles. The number of sulfone groups is 1. The Labute approximate surface area is 115 Å². The van der Waals surface area contributed by atoms with Gasteiger partial charge in [-0.3, -0.25) is 0 Å². The molecule has 1 saturated heterocycles. The van der Waals surface area contributed by atoms with Crippen molar-refractivity contribution in [1.82, 2.24) is 0 Å². The van der Waals surface area contributed by atoms with Crippen molar-refractivity contribution in [3.8, 4) is 0 Å². The molecule has 19 heavy (non-hydrogen) atoms. The Balaban J connectivity index is 2.15. The molecule has 0 bridgehead atoms. The van der Waals surface area contributed by atoms with E-state index >= 15 is 0 Å². The summed E-state index contributed by atoms with van der Waals surface area (Å²) in [6, 6.07) is 7.33. The summed E-state index contributed by atoms with van der Waals surface area (Å²) >= 11 is 0. The first kappa shape index (κ1) is 14.5. The second-order valence-electron chi connectivity index (χ2n) is 5.31. The highest BCUT2D eigenvalue weighted by molar-refractivity contribution is 7.90. The summed E-state index contributed by atoms with van der Waals surface area (Å²) in [5, 5.41) is 0. The van der Waals surface area contributed by atoms with Gasteiger partial charge in [-0.15, -0.1) is 0 Å². The molecular formula is C15H22O3S. The van der Waals surface area contributed by atoms with Gasteiger partial charge in [0.15, 0.2) is 9.84 Å². The van der Waals surface area contributed by atoms with Gasteiger partial charge in [0.2, 0.25) is 0 Å². The number of rotatable bonds is 6. The molecule has 106 valence electrons. The summed E-state index contributed by atoms with van der Waals surface area (Å²) in [7, 11) is -3.13. The van der Waals surface area contributed by atoms with Crippen LogP contribution < -0.4 is 0 Å². The van der Waals surface area contributed by atoms with Crippen LogP contribution in [0.4, 0.5) is 0 Å². The van der Waals surface area contributed by atoms with E-state index in [0.29, 0.717) is 23.0 Å². The second-order valence-corrected chi connectivity index (χ2v) is 7.32. The van der Waals surface area contributed by atoms with Crippen LogP contribution >= 0.6 is 0 Å². The molecule has 0 aromatic heterocycles. The molecule has 4 heteroatoms. The standard InChI is InChI=1S/C15H22O3S/c1-4-11(10-15-14(5-2)18-15)12-7-6-8-13(9-12)19(3,16)17/h6-9,11,14-15H,4-5,10H2,1-3H3. The molecule has 3 unspecified atom stereocenters. The summed E-state index contributed by atoms with van der Waals surface area (Å²) in [6.07, 6.45) is 5.07. The fraction of sp³-hybridized carbons (Fsp3) is 0.600. The van der Waals surface area contributed by atoms with E-state index < -0.39 is 9.84 Å². The summed E-state index contributed by atoms with van der Waals surface area (Å²) < 4.78 is 28.8. The van der Waals surface area contributed by atoms with Crippen LogP contribution in [0.25, 0.3) is 0 Å². The highest BCUT2D eigenvalue weighted by Gasteiger charge is 2.38. The van der Waals surface area contributed by atoms with Gasteiger partial charge >= 0.3 is 0 Å². The Hall–Kier alpha value is -0.870. The second kappa shape index (κ2) is 5.63. The molecule has 1 aliphatic heterocycles. The monoisotopic (exact) mass is 282 g/mol. The van der Waals surface area contributed by atoms with Crippen LogP contribution in [-0.4, -0.2) is 26.9 Å². The lowest BCUT2D eigenvalue weighted by Crippen LogP contribution is -2.05. The fourth-order valence-electron chi connectivity index (χ4n) is 2.56. The lowest BCUT2D eigenvalue weighted by Gasteiger charge is -2.15. The smallest absolute Gasteiger partial charge is 0.175 e. The van der Waals surface area contributed by atoms with Crippen LogP contribution in [0.2, 0.25) is 0 Å². The van der Waals surface area contributed by atoms with Gasteiger partial charge in [-0.25, -0.2) is 8.42 Å². The molecule has 0 aliphatic carbocycles. The van der Waals surface area contributed by atoms with Crippen LogP contribution in [0.15, 0.2) is 29.2 Å². The van der Waals surface area contributed by atoms with E-state index in [1.54, 1.807) is 6.07 Å². The normalized spacial score (nSPS) is 24.2. The zero-order chi connectivity index (χ0) is 14.0. The van der Waals surface area contributed by atoms with Crippen molar-refractivity contribution in [2.24, 2.45) is 0 Å². The van der Waals surface area contributed by atoms with E-state index in [4.69, 9.17) is 4.74 Å². The lowest BCUT2D eigenvalue weighted by molar-refractivity contribution is 0.349. The maximum Gasteiger partial charge on any atom is 0.175 e. The molecule has 0 N–H and O–H groups in total. The fourth-order valence-corrected chi connectivity index (χ4v) is 3.24. The first-order chi connectivity index (χ1) is 8.95. The predicted molar refractivity (Wildman–Crippen MR) is 76.2 cm³/mol. The molecule has 0 amide bonds. The van der Waals surface area contributed by atoms with Crippen LogP contribution in [-0.2, 0) is 14.6 Å². The molecule has 0 saturated carbocycles. The van der Waals surface area contributed by atoms with E-state index in [9.17, 15) is 8.42 Å². The summed E-state index contributed by atoms with van der Waals surface area (Å²) in [6.45, 7) is 4.27. The number of benzene rings is 1. The Morgan fingerprint density at radius 2 is 2.00 bits per heavy atom. The predicted octanol–water partition coefficient (Wildman–Crippen LogP) is 3.15. The minimum absolute atomic E-state index is 0.358. The Morgan fingerprint density at radius 1 is 1.26 bits per heavy atom. The van der Waals surface area contributed by atoms with Crippen LogP contribution in [0, 0.1) is 0 Å². The molecule has 1 heterocycles. The third kappa shape index (κ3) is 3.57. The van der Waals surface area contributed by atoms with Gasteiger partial charge < -0.3 is 4.74 Å². The van der Waals surface area contributed by atoms with Crippen molar-refractivity contribution in [3.63, 3.8) is 0 Å². The van der Waals surface area contributed by atoms with Crippen molar-refractivity contribution in [1.29, 1.82) is 0 Å². The maximum atomic E-state index is 11.6. The zero-order valence-corrected chi connectivity index (χ0v) is 12.6. The van der Waals surface area contributed by atoms with E-state index in [2.05, 4.69) is 13.8 Å². The number of hydrogen-bond acceptors (Lipinski definition) is 3. The number of epoxide rings is 1. The molecule has 1 fully saturated rings. The highest BCUT2D eigenvalue weighted by Crippen LogP contribution is 2.36. The quantitative estimate of drug-likeness (QED) is 0.753. The summed E-state index contributed by atoms with van der Waals surface area (Å²) in [5.74, 6) is 0.378. The van der Waals surface area contributed by atoms with Gasteiger partial charge in [-0.05, 0) is 42.9 Å². The minimum atomic E-state index is -3.13. The topological polar surface area (TPSA) is 46.7 Å². The molecule has 2 rings (SSSR count). The Kier molecular flexibility index (Phi) is 4.31. The van der Waals surface area contributed by atoms with Crippen molar-refractivity contribution >= 4 is 9.84 Å². The first-order valence-electron chi connectivity index (χ1n) is 6.91. The average Bonchev–Trinajstić information content (AvgIpc) is 3.13. The van der Waals surface area contributed by atoms with Gasteiger partial charge in [0, 0.05) is 6.26 Å². The first-order valence-corrected chi connectivity index (χ1v) is 8.80. The van der Waals surface area contributed by atoms with E-state index in [0.717, 1.165) is 24.8 Å². The SMILES string of the molecule is CCC(CC1OC1CC)c1cccc(S(C)(=O)=O)c1. The van der Waals surface area contributed by atoms with Crippen molar-refractivity contribution in [3.05, 3.63) is 29.8 Å². The molecular weight excluding hydrogens is 260 g/mol. The Morgan fingerprint density at radius 3 is 2.53 bits per heavy atom. The Bertz CT molecular complexity index is 536.